The molecular weight excluding hydrogens is 501 g/mol. The van der Waals surface area contributed by atoms with E-state index in [4.69, 9.17) is 32.7 Å². The Bertz CT molecular complexity index is 1280. The summed E-state index contributed by atoms with van der Waals surface area (Å²) in [6.07, 6.45) is 2.79. The fourth-order valence-electron chi connectivity index (χ4n) is 4.71. The van der Waals surface area contributed by atoms with Crippen LogP contribution in [0.25, 0.3) is 0 Å². The summed E-state index contributed by atoms with van der Waals surface area (Å²) in [5, 5.41) is 14.3. The Morgan fingerprint density at radius 3 is 2.60 bits per heavy atom. The maximum Gasteiger partial charge on any atom is 0.269 e. The Morgan fingerprint density at radius 1 is 1.17 bits per heavy atom. The molecule has 0 aliphatic carbocycles. The van der Waals surface area contributed by atoms with Gasteiger partial charge in [-0.3, -0.25) is 24.5 Å². The van der Waals surface area contributed by atoms with Crippen molar-refractivity contribution < 1.29 is 28.8 Å². The van der Waals surface area contributed by atoms with Gasteiger partial charge in [-0.25, -0.2) is 4.90 Å². The Labute approximate surface area is 208 Å². The van der Waals surface area contributed by atoms with Crippen molar-refractivity contribution in [1.82, 2.24) is 5.32 Å². The molecule has 3 heterocycles. The number of fused-ring (bicyclic) bond motifs is 5. The molecule has 0 saturated carbocycles. The van der Waals surface area contributed by atoms with Gasteiger partial charge < -0.3 is 14.8 Å². The zero-order chi connectivity index (χ0) is 24.9. The minimum absolute atomic E-state index is 0.0508. The van der Waals surface area contributed by atoms with Gasteiger partial charge in [-0.15, -0.1) is 0 Å². The highest BCUT2D eigenvalue weighted by Gasteiger charge is 2.67. The SMILES string of the molecule is O=C(COc1ccc(Cl)cc1Cl)NC[C@]12C=C[C@H](O1)[C@@H]1C(=O)N(c3ccc([N+](=O)[O-])cc3)C(=O)[C@@H]12. The predicted octanol–water partition coefficient (Wildman–Crippen LogP) is 2.91. The Hall–Kier alpha value is -3.47. The van der Waals surface area contributed by atoms with E-state index < -0.39 is 46.2 Å². The molecular formula is C23H17Cl2N3O7. The number of imide groups is 1. The van der Waals surface area contributed by atoms with Gasteiger partial charge in [0.15, 0.2) is 6.61 Å². The van der Waals surface area contributed by atoms with Crippen molar-refractivity contribution in [2.24, 2.45) is 11.8 Å². The fraction of sp³-hybridized carbons (Fsp3) is 0.261. The summed E-state index contributed by atoms with van der Waals surface area (Å²) in [5.41, 5.74) is -1.10. The number of hydrogen-bond donors (Lipinski definition) is 1. The number of anilines is 1. The summed E-state index contributed by atoms with van der Waals surface area (Å²) < 4.78 is 11.4. The lowest BCUT2D eigenvalue weighted by atomic mass is 9.77. The normalized spacial score (nSPS) is 26.2. The molecule has 3 aliphatic heterocycles. The van der Waals surface area contributed by atoms with Crippen molar-refractivity contribution in [3.63, 3.8) is 0 Å². The topological polar surface area (TPSA) is 128 Å². The van der Waals surface area contributed by atoms with Crippen LogP contribution in [0.5, 0.6) is 5.75 Å². The molecule has 3 aliphatic rings. The van der Waals surface area contributed by atoms with Crippen LogP contribution in [-0.4, -0.2) is 47.5 Å². The molecule has 180 valence electrons. The maximum absolute atomic E-state index is 13.3. The molecule has 2 aromatic rings. The second kappa shape index (κ2) is 8.63. The van der Waals surface area contributed by atoms with Gasteiger partial charge >= 0.3 is 0 Å². The van der Waals surface area contributed by atoms with E-state index in [1.54, 1.807) is 24.3 Å². The minimum Gasteiger partial charge on any atom is -0.482 e. The molecule has 0 aromatic heterocycles. The number of carbonyl (C=O) groups is 3. The van der Waals surface area contributed by atoms with Crippen molar-refractivity contribution in [1.29, 1.82) is 0 Å². The minimum atomic E-state index is -1.19. The van der Waals surface area contributed by atoms with Crippen molar-refractivity contribution >= 4 is 52.3 Å². The molecule has 2 saturated heterocycles. The molecule has 5 rings (SSSR count). The number of nitro benzene ring substituents is 1. The molecule has 0 radical (unpaired) electrons. The summed E-state index contributed by atoms with van der Waals surface area (Å²) >= 11 is 11.9. The van der Waals surface area contributed by atoms with Gasteiger partial charge in [0.1, 0.15) is 11.4 Å². The average Bonchev–Trinajstić information content (AvgIpc) is 3.47. The Morgan fingerprint density at radius 2 is 1.91 bits per heavy atom. The first kappa shape index (κ1) is 23.3. The number of halogens is 2. The van der Waals surface area contributed by atoms with Crippen molar-refractivity contribution in [3.8, 4) is 5.75 Å². The zero-order valence-electron chi connectivity index (χ0n) is 17.9. The van der Waals surface area contributed by atoms with Crippen molar-refractivity contribution in [2.75, 3.05) is 18.1 Å². The van der Waals surface area contributed by atoms with Crippen LogP contribution in [0.15, 0.2) is 54.6 Å². The first-order chi connectivity index (χ1) is 16.7. The molecule has 1 N–H and O–H groups in total. The van der Waals surface area contributed by atoms with E-state index in [1.165, 1.54) is 30.3 Å². The number of rotatable bonds is 7. The third-order valence-electron chi connectivity index (χ3n) is 6.29. The first-order valence-corrected chi connectivity index (χ1v) is 11.3. The van der Waals surface area contributed by atoms with Gasteiger partial charge in [0.05, 0.1) is 40.1 Å². The van der Waals surface area contributed by atoms with Crippen molar-refractivity contribution in [3.05, 3.63) is 74.8 Å². The highest BCUT2D eigenvalue weighted by atomic mass is 35.5. The number of benzene rings is 2. The van der Waals surface area contributed by atoms with E-state index in [2.05, 4.69) is 5.32 Å². The van der Waals surface area contributed by atoms with E-state index >= 15 is 0 Å². The molecule has 0 spiro atoms. The number of nitrogens with zero attached hydrogens (tertiary/aromatic N) is 2. The summed E-state index contributed by atoms with van der Waals surface area (Å²) in [6, 6.07) is 9.80. The second-order valence-electron chi connectivity index (χ2n) is 8.33. The molecule has 2 aromatic carbocycles. The number of nitro groups is 1. The maximum atomic E-state index is 13.3. The monoisotopic (exact) mass is 517 g/mol. The van der Waals surface area contributed by atoms with Gasteiger partial charge in [0.2, 0.25) is 11.8 Å². The molecule has 2 fully saturated rings. The number of carbonyl (C=O) groups excluding carboxylic acids is 3. The van der Waals surface area contributed by atoms with Gasteiger partial charge in [-0.2, -0.15) is 0 Å². The molecule has 35 heavy (non-hydrogen) atoms. The van der Waals surface area contributed by atoms with Gasteiger partial charge in [-0.05, 0) is 30.3 Å². The molecule has 2 bridgehead atoms. The number of amides is 3. The third kappa shape index (κ3) is 3.93. The van der Waals surface area contributed by atoms with Gasteiger partial charge in [-0.1, -0.05) is 35.4 Å². The van der Waals surface area contributed by atoms with Crippen molar-refractivity contribution in [2.45, 2.75) is 11.7 Å². The quantitative estimate of drug-likeness (QED) is 0.258. The zero-order valence-corrected chi connectivity index (χ0v) is 19.4. The smallest absolute Gasteiger partial charge is 0.269 e. The highest BCUT2D eigenvalue weighted by Crippen LogP contribution is 2.52. The number of nitrogens with one attached hydrogen (secondary N) is 1. The lowest BCUT2D eigenvalue weighted by molar-refractivity contribution is -0.384. The number of ether oxygens (including phenoxy) is 2. The summed E-state index contributed by atoms with van der Waals surface area (Å²) in [6.45, 7) is -0.384. The van der Waals surface area contributed by atoms with Crippen LogP contribution >= 0.6 is 23.2 Å². The summed E-state index contributed by atoms with van der Waals surface area (Å²) in [7, 11) is 0. The van der Waals surface area contributed by atoms with E-state index in [9.17, 15) is 24.5 Å². The predicted molar refractivity (Wildman–Crippen MR) is 124 cm³/mol. The van der Waals surface area contributed by atoms with E-state index in [1.807, 2.05) is 0 Å². The van der Waals surface area contributed by atoms with Crippen LogP contribution in [0.2, 0.25) is 10.0 Å². The molecule has 3 amide bonds. The second-order valence-corrected chi connectivity index (χ2v) is 9.17. The lowest BCUT2D eigenvalue weighted by Crippen LogP contribution is -2.49. The average molecular weight is 518 g/mol. The summed E-state index contributed by atoms with van der Waals surface area (Å²) in [4.78, 5) is 50.3. The van der Waals surface area contributed by atoms with E-state index in [0.29, 0.717) is 5.02 Å². The van der Waals surface area contributed by atoms with Gasteiger partial charge in [0, 0.05) is 17.2 Å². The molecule has 4 atom stereocenters. The molecule has 0 unspecified atom stereocenters. The number of non-ortho nitro benzene ring substituents is 1. The van der Waals surface area contributed by atoms with E-state index in [-0.39, 0.29) is 35.3 Å². The third-order valence-corrected chi connectivity index (χ3v) is 6.82. The van der Waals surface area contributed by atoms with Gasteiger partial charge in [0.25, 0.3) is 11.6 Å². The summed E-state index contributed by atoms with van der Waals surface area (Å²) in [5.74, 6) is -2.71. The molecule has 12 heteroatoms. The first-order valence-electron chi connectivity index (χ1n) is 10.5. The van der Waals surface area contributed by atoms with Crippen LogP contribution < -0.4 is 15.0 Å². The van der Waals surface area contributed by atoms with Crippen LogP contribution in [0.1, 0.15) is 0 Å². The highest BCUT2D eigenvalue weighted by molar-refractivity contribution is 6.35. The largest absolute Gasteiger partial charge is 0.482 e. The Kier molecular flexibility index (Phi) is 5.74. The fourth-order valence-corrected chi connectivity index (χ4v) is 5.17. The lowest BCUT2D eigenvalue weighted by Gasteiger charge is -2.29. The van der Waals surface area contributed by atoms with Crippen LogP contribution in [0, 0.1) is 22.0 Å². The number of hydrogen-bond acceptors (Lipinski definition) is 7. The standard InChI is InChI=1S/C23H17Cl2N3O7/c24-12-1-6-16(15(25)9-12)34-10-18(29)26-11-23-8-7-17(35-23)19-20(23)22(31)27(21(19)30)13-2-4-14(5-3-13)28(32)33/h1-9,17,19-20H,10-11H2,(H,26,29)/t17-,19-,20+,23-/m0/s1. The van der Waals surface area contributed by atoms with Crippen LogP contribution in [-0.2, 0) is 19.1 Å². The molecule has 10 nitrogen and oxygen atoms in total. The Balaban J connectivity index is 1.28. The van der Waals surface area contributed by atoms with Crippen LogP contribution in [0.3, 0.4) is 0 Å². The van der Waals surface area contributed by atoms with E-state index in [0.717, 1.165) is 4.90 Å². The van der Waals surface area contributed by atoms with Crippen LogP contribution in [0.4, 0.5) is 11.4 Å².